The lowest BCUT2D eigenvalue weighted by molar-refractivity contribution is 0.104. The van der Waals surface area contributed by atoms with Crippen LogP contribution in [0.3, 0.4) is 0 Å². The highest BCUT2D eigenvalue weighted by atomic mass is 16.1. The predicted molar refractivity (Wildman–Crippen MR) is 80.1 cm³/mol. The minimum Gasteiger partial charge on any atom is -0.289 e. The summed E-state index contributed by atoms with van der Waals surface area (Å²) < 4.78 is 0. The molecule has 0 bridgehead atoms. The molecule has 0 amide bonds. The van der Waals surface area contributed by atoms with Crippen LogP contribution in [0.5, 0.6) is 0 Å². The maximum atomic E-state index is 12.0. The van der Waals surface area contributed by atoms with Gasteiger partial charge in [0.15, 0.2) is 5.78 Å². The van der Waals surface area contributed by atoms with Gasteiger partial charge in [-0.3, -0.25) is 4.79 Å². The van der Waals surface area contributed by atoms with Crippen LogP contribution < -0.4 is 0 Å². The summed E-state index contributed by atoms with van der Waals surface area (Å²) in [6.07, 6.45) is 6.16. The van der Waals surface area contributed by atoms with Crippen LogP contribution in [-0.4, -0.2) is 5.78 Å². The molecule has 2 aromatic carbocycles. The number of carbonyl (C=O) groups is 1. The monoisotopic (exact) mass is 248 g/mol. The maximum Gasteiger partial charge on any atom is 0.185 e. The molecule has 19 heavy (non-hydrogen) atoms. The van der Waals surface area contributed by atoms with Crippen LogP contribution in [0.4, 0.5) is 0 Å². The molecule has 0 aliphatic rings. The fourth-order valence-electron chi connectivity index (χ4n) is 1.90. The maximum absolute atomic E-state index is 12.0. The van der Waals surface area contributed by atoms with Crippen LogP contribution in [0.1, 0.15) is 21.5 Å². The third kappa shape index (κ3) is 3.52. The van der Waals surface area contributed by atoms with E-state index < -0.39 is 0 Å². The first-order chi connectivity index (χ1) is 9.31. The van der Waals surface area contributed by atoms with Crippen molar-refractivity contribution in [2.24, 2.45) is 0 Å². The Hall–Kier alpha value is -2.41. The van der Waals surface area contributed by atoms with Crippen molar-refractivity contribution in [1.82, 2.24) is 0 Å². The normalized spacial score (nSPS) is 10.5. The Morgan fingerprint density at radius 2 is 1.68 bits per heavy atom. The molecule has 1 heteroatoms. The number of rotatable bonds is 5. The second-order valence-corrected chi connectivity index (χ2v) is 4.26. The molecule has 0 N–H and O–H groups in total. The summed E-state index contributed by atoms with van der Waals surface area (Å²) in [6.45, 7) is 3.75. The van der Waals surface area contributed by atoms with Crippen molar-refractivity contribution in [3.8, 4) is 0 Å². The summed E-state index contributed by atoms with van der Waals surface area (Å²) in [5.41, 5.74) is 2.95. The zero-order valence-corrected chi connectivity index (χ0v) is 10.8. The average molecular weight is 248 g/mol. The fourth-order valence-corrected chi connectivity index (χ4v) is 1.90. The topological polar surface area (TPSA) is 17.1 Å². The number of hydrogen-bond acceptors (Lipinski definition) is 1. The number of allylic oxidation sites excluding steroid dienone is 2. The number of carbonyl (C=O) groups excluding carboxylic acids is 1. The van der Waals surface area contributed by atoms with Gasteiger partial charge in [-0.25, -0.2) is 0 Å². The molecule has 0 radical (unpaired) electrons. The molecule has 0 heterocycles. The summed E-state index contributed by atoms with van der Waals surface area (Å²) in [5, 5.41) is 0. The second-order valence-electron chi connectivity index (χ2n) is 4.26. The van der Waals surface area contributed by atoms with Crippen molar-refractivity contribution in [3.63, 3.8) is 0 Å². The first kappa shape index (κ1) is 13.0. The van der Waals surface area contributed by atoms with E-state index in [4.69, 9.17) is 0 Å². The molecule has 0 atom stereocenters. The third-order valence-electron chi connectivity index (χ3n) is 2.89. The van der Waals surface area contributed by atoms with E-state index in [1.54, 1.807) is 6.08 Å². The van der Waals surface area contributed by atoms with Crippen LogP contribution in [0.15, 0.2) is 73.3 Å². The minimum atomic E-state index is 0.0222. The zero-order chi connectivity index (χ0) is 13.5. The number of ketones is 1. The summed E-state index contributed by atoms with van der Waals surface area (Å²) in [7, 11) is 0. The third-order valence-corrected chi connectivity index (χ3v) is 2.89. The molecule has 0 aliphatic heterocycles. The lowest BCUT2D eigenvalue weighted by atomic mass is 10.0. The molecule has 0 fully saturated rings. The predicted octanol–water partition coefficient (Wildman–Crippen LogP) is 4.31. The summed E-state index contributed by atoms with van der Waals surface area (Å²) in [5.74, 6) is 0.0222. The van der Waals surface area contributed by atoms with E-state index in [0.29, 0.717) is 5.56 Å². The molecule has 0 unspecified atom stereocenters. The Bertz CT molecular complexity index is 594. The standard InChI is InChI=1S/C18H16O/c1-2-8-15-9-6-7-10-16(15)13-14-18(19)17-11-4-3-5-12-17/h2-7,9-14H,1,8H2/b14-13+. The van der Waals surface area contributed by atoms with Crippen LogP contribution in [-0.2, 0) is 6.42 Å². The largest absolute Gasteiger partial charge is 0.289 e. The molecule has 0 saturated carbocycles. The van der Waals surface area contributed by atoms with Crippen molar-refractivity contribution >= 4 is 11.9 Å². The van der Waals surface area contributed by atoms with Gasteiger partial charge in [-0.15, -0.1) is 6.58 Å². The summed E-state index contributed by atoms with van der Waals surface area (Å²) in [6, 6.07) is 17.3. The van der Waals surface area contributed by atoms with Gasteiger partial charge in [-0.05, 0) is 23.6 Å². The number of benzene rings is 2. The van der Waals surface area contributed by atoms with E-state index in [9.17, 15) is 4.79 Å². The Balaban J connectivity index is 2.19. The Morgan fingerprint density at radius 1 is 1.00 bits per heavy atom. The molecular weight excluding hydrogens is 232 g/mol. The molecule has 94 valence electrons. The molecule has 2 rings (SSSR count). The minimum absolute atomic E-state index is 0.0222. The van der Waals surface area contributed by atoms with Gasteiger partial charge in [-0.2, -0.15) is 0 Å². The molecule has 0 saturated heterocycles. The molecule has 2 aromatic rings. The van der Waals surface area contributed by atoms with E-state index in [-0.39, 0.29) is 5.78 Å². The number of hydrogen-bond donors (Lipinski definition) is 0. The Kier molecular flexibility index (Phi) is 4.46. The molecule has 0 spiro atoms. The fraction of sp³-hybridized carbons (Fsp3) is 0.0556. The van der Waals surface area contributed by atoms with Crippen molar-refractivity contribution in [2.45, 2.75) is 6.42 Å². The highest BCUT2D eigenvalue weighted by Crippen LogP contribution is 2.12. The smallest absolute Gasteiger partial charge is 0.185 e. The van der Waals surface area contributed by atoms with Crippen molar-refractivity contribution in [1.29, 1.82) is 0 Å². The molecule has 0 aromatic heterocycles. The first-order valence-electron chi connectivity index (χ1n) is 6.27. The van der Waals surface area contributed by atoms with E-state index in [0.717, 1.165) is 12.0 Å². The van der Waals surface area contributed by atoms with Gasteiger partial charge in [0.05, 0.1) is 0 Å². The van der Waals surface area contributed by atoms with E-state index in [1.165, 1.54) is 5.56 Å². The molecule has 1 nitrogen and oxygen atoms in total. The van der Waals surface area contributed by atoms with Gasteiger partial charge in [0, 0.05) is 5.56 Å². The van der Waals surface area contributed by atoms with Crippen LogP contribution >= 0.6 is 0 Å². The highest BCUT2D eigenvalue weighted by Gasteiger charge is 2.01. The van der Waals surface area contributed by atoms with Crippen molar-refractivity contribution in [2.75, 3.05) is 0 Å². The van der Waals surface area contributed by atoms with Crippen molar-refractivity contribution < 1.29 is 4.79 Å². The lowest BCUT2D eigenvalue weighted by Crippen LogP contribution is -1.93. The van der Waals surface area contributed by atoms with Crippen LogP contribution in [0.2, 0.25) is 0 Å². The van der Waals surface area contributed by atoms with Gasteiger partial charge in [0.25, 0.3) is 0 Å². The molecule has 0 aliphatic carbocycles. The van der Waals surface area contributed by atoms with E-state index in [2.05, 4.69) is 6.58 Å². The highest BCUT2D eigenvalue weighted by molar-refractivity contribution is 6.06. The van der Waals surface area contributed by atoms with E-state index >= 15 is 0 Å². The average Bonchev–Trinajstić information content (AvgIpc) is 2.47. The van der Waals surface area contributed by atoms with Gasteiger partial charge < -0.3 is 0 Å². The van der Waals surface area contributed by atoms with E-state index in [1.807, 2.05) is 66.7 Å². The quantitative estimate of drug-likeness (QED) is 0.438. The lowest BCUT2D eigenvalue weighted by Gasteiger charge is -2.02. The SMILES string of the molecule is C=CCc1ccccc1/C=C/C(=O)c1ccccc1. The van der Waals surface area contributed by atoms with Gasteiger partial charge in [0.1, 0.15) is 0 Å². The van der Waals surface area contributed by atoms with Crippen LogP contribution in [0, 0.1) is 0 Å². The second kappa shape index (κ2) is 6.50. The summed E-state index contributed by atoms with van der Waals surface area (Å²) >= 11 is 0. The van der Waals surface area contributed by atoms with Crippen molar-refractivity contribution in [3.05, 3.63) is 90.0 Å². The Labute approximate surface area is 113 Å². The summed E-state index contributed by atoms with van der Waals surface area (Å²) in [4.78, 5) is 12.0. The molecular formula is C18H16O. The Morgan fingerprint density at radius 3 is 2.42 bits per heavy atom. The van der Waals surface area contributed by atoms with Crippen LogP contribution in [0.25, 0.3) is 6.08 Å². The van der Waals surface area contributed by atoms with Gasteiger partial charge in [-0.1, -0.05) is 66.7 Å². The first-order valence-corrected chi connectivity index (χ1v) is 6.27. The van der Waals surface area contributed by atoms with Gasteiger partial charge >= 0.3 is 0 Å². The van der Waals surface area contributed by atoms with Gasteiger partial charge in [0.2, 0.25) is 0 Å². The zero-order valence-electron chi connectivity index (χ0n) is 10.8.